The number of hydrogen-bond acceptors (Lipinski definition) is 6. The number of aliphatic hydroxyl groups excluding tert-OH is 1. The van der Waals surface area contributed by atoms with E-state index in [-0.39, 0.29) is 59.2 Å². The third-order valence-electron chi connectivity index (χ3n) is 5.52. The van der Waals surface area contributed by atoms with Crippen LogP contribution in [0.5, 0.6) is 11.5 Å². The summed E-state index contributed by atoms with van der Waals surface area (Å²) in [5.74, 6) is -0.505. The lowest BCUT2D eigenvalue weighted by Gasteiger charge is -2.24. The van der Waals surface area contributed by atoms with Crippen molar-refractivity contribution in [1.82, 2.24) is 4.90 Å². The normalized spacial score (nSPS) is 19.4. The number of aliphatic hydroxyl groups is 1. The Morgan fingerprint density at radius 2 is 1.93 bits per heavy atom. The summed E-state index contributed by atoms with van der Waals surface area (Å²) < 4.78 is 6.04. The number of hydrogen-bond donors (Lipinski definition) is 3. The van der Waals surface area contributed by atoms with Gasteiger partial charge in [-0.25, -0.2) is 0 Å². The Bertz CT molecular complexity index is 1110. The average Bonchev–Trinajstić information content (AvgIpc) is 3.01. The number of phenols is 2. The molecule has 0 bridgehead atoms. The van der Waals surface area contributed by atoms with Crippen LogP contribution in [0, 0.1) is 0 Å². The molecule has 0 saturated carbocycles. The summed E-state index contributed by atoms with van der Waals surface area (Å²) in [5, 5.41) is 31.2. The standard InChI is InChI=1S/C21H20ClNO5.ClH/c1-23-7-6-12(14(23)10-24)19-15(25)8-16(26)20-17(27)9-18(28-21(19)20)11-4-2-3-5-13(11)22;/h2-5,8-9,12,14,24-26H,6-7,10H2,1H3;1H/t12-,14?;/m1./s1. The molecule has 29 heavy (non-hydrogen) atoms. The number of rotatable bonds is 3. The molecule has 2 atom stereocenters. The lowest BCUT2D eigenvalue weighted by molar-refractivity contribution is 0.172. The topological polar surface area (TPSA) is 94.1 Å². The van der Waals surface area contributed by atoms with E-state index in [0.717, 1.165) is 12.6 Å². The molecule has 4 rings (SSSR count). The summed E-state index contributed by atoms with van der Waals surface area (Å²) in [6, 6.07) is 9.19. The van der Waals surface area contributed by atoms with Crippen LogP contribution in [0.1, 0.15) is 17.9 Å². The zero-order chi connectivity index (χ0) is 20.0. The van der Waals surface area contributed by atoms with Gasteiger partial charge in [0, 0.05) is 35.2 Å². The van der Waals surface area contributed by atoms with Crippen LogP contribution >= 0.6 is 24.0 Å². The summed E-state index contributed by atoms with van der Waals surface area (Å²) in [5.41, 5.74) is 0.655. The molecule has 1 aromatic heterocycles. The first kappa shape index (κ1) is 21.5. The molecule has 1 aliphatic heterocycles. The molecular formula is C21H21Cl2NO5. The van der Waals surface area contributed by atoms with Crippen molar-refractivity contribution in [1.29, 1.82) is 0 Å². The second-order valence-corrected chi connectivity index (χ2v) is 7.52. The van der Waals surface area contributed by atoms with Gasteiger partial charge >= 0.3 is 0 Å². The number of halogens is 2. The summed E-state index contributed by atoms with van der Waals surface area (Å²) >= 11 is 6.26. The fraction of sp³-hybridized carbons (Fsp3) is 0.286. The second kappa shape index (κ2) is 8.24. The van der Waals surface area contributed by atoms with E-state index in [4.69, 9.17) is 16.0 Å². The Hall–Kier alpha value is -2.25. The molecule has 0 radical (unpaired) electrons. The number of phenolic OH excluding ortho intramolecular Hbond substituents is 2. The van der Waals surface area contributed by atoms with Gasteiger partial charge in [-0.05, 0) is 32.1 Å². The van der Waals surface area contributed by atoms with Crippen LogP contribution < -0.4 is 5.43 Å². The van der Waals surface area contributed by atoms with Gasteiger partial charge in [-0.1, -0.05) is 23.7 Å². The largest absolute Gasteiger partial charge is 0.507 e. The fourth-order valence-electron chi connectivity index (χ4n) is 4.09. The highest BCUT2D eigenvalue weighted by molar-refractivity contribution is 6.33. The lowest BCUT2D eigenvalue weighted by atomic mass is 9.89. The highest BCUT2D eigenvalue weighted by Crippen LogP contribution is 2.44. The molecule has 2 aromatic carbocycles. The minimum atomic E-state index is -0.429. The van der Waals surface area contributed by atoms with Gasteiger partial charge in [0.15, 0.2) is 5.43 Å². The van der Waals surface area contributed by atoms with E-state index in [1.807, 2.05) is 11.9 Å². The highest BCUT2D eigenvalue weighted by atomic mass is 35.5. The first-order valence-corrected chi connectivity index (χ1v) is 9.38. The maximum absolute atomic E-state index is 12.8. The molecule has 1 fully saturated rings. The van der Waals surface area contributed by atoms with Crippen molar-refractivity contribution in [2.75, 3.05) is 20.2 Å². The summed E-state index contributed by atoms with van der Waals surface area (Å²) in [4.78, 5) is 14.8. The van der Waals surface area contributed by atoms with Gasteiger partial charge in [0.05, 0.1) is 11.6 Å². The lowest BCUT2D eigenvalue weighted by Crippen LogP contribution is -2.32. The van der Waals surface area contributed by atoms with E-state index in [2.05, 4.69) is 0 Å². The molecule has 1 unspecified atom stereocenters. The number of likely N-dealkylation sites (N-methyl/N-ethyl adjacent to an activating group) is 1. The molecule has 8 heteroatoms. The Kier molecular flexibility index (Phi) is 6.10. The number of aromatic hydroxyl groups is 2. The highest BCUT2D eigenvalue weighted by Gasteiger charge is 2.36. The Morgan fingerprint density at radius 1 is 1.21 bits per heavy atom. The maximum Gasteiger partial charge on any atom is 0.197 e. The van der Waals surface area contributed by atoms with Crippen molar-refractivity contribution in [2.24, 2.45) is 0 Å². The summed E-state index contributed by atoms with van der Waals surface area (Å²) in [7, 11) is 1.89. The maximum atomic E-state index is 12.8. The van der Waals surface area contributed by atoms with E-state index in [1.165, 1.54) is 6.07 Å². The van der Waals surface area contributed by atoms with Crippen molar-refractivity contribution >= 4 is 35.0 Å². The summed E-state index contributed by atoms with van der Waals surface area (Å²) in [6.07, 6.45) is 0.676. The predicted octanol–water partition coefficient (Wildman–Crippen LogP) is 3.73. The van der Waals surface area contributed by atoms with Crippen LogP contribution in [0.2, 0.25) is 5.02 Å². The predicted molar refractivity (Wildman–Crippen MR) is 114 cm³/mol. The molecule has 0 amide bonds. The number of benzene rings is 2. The minimum Gasteiger partial charge on any atom is -0.507 e. The molecular weight excluding hydrogens is 417 g/mol. The number of nitrogens with zero attached hydrogens (tertiary/aromatic N) is 1. The van der Waals surface area contributed by atoms with Crippen LogP contribution in [-0.2, 0) is 0 Å². The molecule has 3 aromatic rings. The van der Waals surface area contributed by atoms with Crippen molar-refractivity contribution in [3.8, 4) is 22.8 Å². The SMILES string of the molecule is CN1CC[C@@H](c2c(O)cc(O)c3c(=O)cc(-c4ccccc4Cl)oc23)C1CO.Cl. The Balaban J connectivity index is 0.00000240. The van der Waals surface area contributed by atoms with Crippen molar-refractivity contribution in [3.63, 3.8) is 0 Å². The molecule has 2 heterocycles. The van der Waals surface area contributed by atoms with Crippen LogP contribution in [0.25, 0.3) is 22.3 Å². The van der Waals surface area contributed by atoms with Crippen LogP contribution in [-0.4, -0.2) is 46.5 Å². The molecule has 1 saturated heterocycles. The molecule has 0 aliphatic carbocycles. The number of fused-ring (bicyclic) bond motifs is 1. The Morgan fingerprint density at radius 3 is 2.62 bits per heavy atom. The fourth-order valence-corrected chi connectivity index (χ4v) is 4.31. The van der Waals surface area contributed by atoms with E-state index in [1.54, 1.807) is 24.3 Å². The van der Waals surface area contributed by atoms with Crippen LogP contribution in [0.4, 0.5) is 0 Å². The van der Waals surface area contributed by atoms with Crippen molar-refractivity contribution in [2.45, 2.75) is 18.4 Å². The van der Waals surface area contributed by atoms with Crippen LogP contribution in [0.3, 0.4) is 0 Å². The van der Waals surface area contributed by atoms with Crippen molar-refractivity contribution in [3.05, 3.63) is 57.2 Å². The zero-order valence-electron chi connectivity index (χ0n) is 15.6. The van der Waals surface area contributed by atoms with Gasteiger partial charge in [0.25, 0.3) is 0 Å². The van der Waals surface area contributed by atoms with Crippen LogP contribution in [0.15, 0.2) is 45.6 Å². The first-order valence-electron chi connectivity index (χ1n) is 9.01. The Labute approximate surface area is 178 Å². The van der Waals surface area contributed by atoms with Gasteiger partial charge in [0.1, 0.15) is 28.2 Å². The quantitative estimate of drug-likeness (QED) is 0.577. The van der Waals surface area contributed by atoms with E-state index in [9.17, 15) is 20.1 Å². The van der Waals surface area contributed by atoms with Gasteiger partial charge in [-0.3, -0.25) is 4.79 Å². The molecule has 6 nitrogen and oxygen atoms in total. The minimum absolute atomic E-state index is 0. The van der Waals surface area contributed by atoms with Gasteiger partial charge < -0.3 is 24.6 Å². The average molecular weight is 438 g/mol. The third kappa shape index (κ3) is 3.57. The van der Waals surface area contributed by atoms with Gasteiger partial charge in [-0.2, -0.15) is 0 Å². The van der Waals surface area contributed by atoms with Gasteiger partial charge in [-0.15, -0.1) is 12.4 Å². The third-order valence-corrected chi connectivity index (χ3v) is 5.85. The number of likely N-dealkylation sites (tertiary alicyclic amines) is 1. The molecule has 154 valence electrons. The summed E-state index contributed by atoms with van der Waals surface area (Å²) in [6.45, 7) is 0.629. The monoisotopic (exact) mass is 437 g/mol. The smallest absolute Gasteiger partial charge is 0.197 e. The molecule has 0 spiro atoms. The molecule has 1 aliphatic rings. The van der Waals surface area contributed by atoms with E-state index < -0.39 is 5.43 Å². The zero-order valence-corrected chi connectivity index (χ0v) is 17.2. The van der Waals surface area contributed by atoms with E-state index in [0.29, 0.717) is 22.6 Å². The van der Waals surface area contributed by atoms with Gasteiger partial charge in [0.2, 0.25) is 0 Å². The second-order valence-electron chi connectivity index (χ2n) is 7.11. The van der Waals surface area contributed by atoms with E-state index >= 15 is 0 Å². The molecule has 3 N–H and O–H groups in total. The van der Waals surface area contributed by atoms with Crippen molar-refractivity contribution < 1.29 is 19.7 Å². The first-order chi connectivity index (χ1) is 13.4.